The SMILES string of the molecule is CNC(CCc1ccsc1)c1cc(Cl)c(OC)c(OC)c1. The Hall–Kier alpha value is -1.23. The Morgan fingerprint density at radius 1 is 1.29 bits per heavy atom. The van der Waals surface area contributed by atoms with Gasteiger partial charge in [-0.05, 0) is 60.0 Å². The molecule has 0 aliphatic carbocycles. The van der Waals surface area contributed by atoms with E-state index in [1.165, 1.54) is 5.56 Å². The van der Waals surface area contributed by atoms with Crippen molar-refractivity contribution in [2.75, 3.05) is 21.3 Å². The van der Waals surface area contributed by atoms with Crippen molar-refractivity contribution >= 4 is 22.9 Å². The molecule has 1 N–H and O–H groups in total. The van der Waals surface area contributed by atoms with E-state index < -0.39 is 0 Å². The van der Waals surface area contributed by atoms with E-state index in [2.05, 4.69) is 22.1 Å². The molecule has 2 rings (SSSR count). The average molecular weight is 326 g/mol. The first-order chi connectivity index (χ1) is 10.2. The molecule has 1 aromatic carbocycles. The molecule has 0 radical (unpaired) electrons. The molecule has 0 aliphatic rings. The van der Waals surface area contributed by atoms with Crippen LogP contribution >= 0.6 is 22.9 Å². The number of rotatable bonds is 7. The van der Waals surface area contributed by atoms with Crippen LogP contribution in [0.1, 0.15) is 23.6 Å². The third kappa shape index (κ3) is 3.90. The summed E-state index contributed by atoms with van der Waals surface area (Å²) in [4.78, 5) is 0. The van der Waals surface area contributed by atoms with Gasteiger partial charge < -0.3 is 14.8 Å². The maximum absolute atomic E-state index is 6.28. The van der Waals surface area contributed by atoms with E-state index in [1.54, 1.807) is 25.6 Å². The van der Waals surface area contributed by atoms with Crippen molar-refractivity contribution in [1.29, 1.82) is 0 Å². The van der Waals surface area contributed by atoms with Crippen LogP contribution in [-0.2, 0) is 6.42 Å². The van der Waals surface area contributed by atoms with Crippen molar-refractivity contribution in [2.45, 2.75) is 18.9 Å². The normalized spacial score (nSPS) is 12.2. The molecule has 1 heterocycles. The predicted octanol–water partition coefficient (Wildman–Crippen LogP) is 4.31. The van der Waals surface area contributed by atoms with E-state index in [-0.39, 0.29) is 6.04 Å². The highest BCUT2D eigenvalue weighted by Crippen LogP contribution is 2.38. The molecule has 0 bridgehead atoms. The van der Waals surface area contributed by atoms with Crippen LogP contribution in [0, 0.1) is 0 Å². The van der Waals surface area contributed by atoms with Gasteiger partial charge in [-0.2, -0.15) is 11.3 Å². The van der Waals surface area contributed by atoms with Crippen molar-refractivity contribution in [3.63, 3.8) is 0 Å². The molecule has 1 atom stereocenters. The minimum Gasteiger partial charge on any atom is -0.493 e. The average Bonchev–Trinajstić information content (AvgIpc) is 3.00. The largest absolute Gasteiger partial charge is 0.493 e. The Morgan fingerprint density at radius 2 is 2.10 bits per heavy atom. The van der Waals surface area contributed by atoms with Gasteiger partial charge in [0.05, 0.1) is 19.2 Å². The topological polar surface area (TPSA) is 30.5 Å². The van der Waals surface area contributed by atoms with Gasteiger partial charge in [-0.1, -0.05) is 11.6 Å². The molecule has 3 nitrogen and oxygen atoms in total. The van der Waals surface area contributed by atoms with Crippen LogP contribution in [0.4, 0.5) is 0 Å². The Bertz CT molecular complexity index is 572. The minimum absolute atomic E-state index is 0.224. The number of thiophene rings is 1. The number of ether oxygens (including phenoxy) is 2. The Labute approximate surface area is 134 Å². The number of aryl methyl sites for hydroxylation is 1. The van der Waals surface area contributed by atoms with E-state index in [0.717, 1.165) is 18.4 Å². The van der Waals surface area contributed by atoms with Crippen molar-refractivity contribution < 1.29 is 9.47 Å². The van der Waals surface area contributed by atoms with Crippen LogP contribution in [0.15, 0.2) is 29.0 Å². The summed E-state index contributed by atoms with van der Waals surface area (Å²) in [5.41, 5.74) is 2.47. The first kappa shape index (κ1) is 16.1. The fourth-order valence-electron chi connectivity index (χ4n) is 2.36. The lowest BCUT2D eigenvalue weighted by molar-refractivity contribution is 0.354. The van der Waals surface area contributed by atoms with Crippen LogP contribution in [0.3, 0.4) is 0 Å². The van der Waals surface area contributed by atoms with Crippen LogP contribution in [-0.4, -0.2) is 21.3 Å². The number of hydrogen-bond donors (Lipinski definition) is 1. The monoisotopic (exact) mass is 325 g/mol. The number of nitrogens with one attached hydrogen (secondary N) is 1. The summed E-state index contributed by atoms with van der Waals surface area (Å²) in [5, 5.41) is 8.21. The lowest BCUT2D eigenvalue weighted by Crippen LogP contribution is -2.17. The lowest BCUT2D eigenvalue weighted by Gasteiger charge is -2.19. The zero-order valence-electron chi connectivity index (χ0n) is 12.5. The molecule has 1 unspecified atom stereocenters. The van der Waals surface area contributed by atoms with Gasteiger partial charge in [0, 0.05) is 6.04 Å². The summed E-state index contributed by atoms with van der Waals surface area (Å²) in [5.74, 6) is 1.24. The van der Waals surface area contributed by atoms with Gasteiger partial charge in [-0.15, -0.1) is 0 Å². The maximum Gasteiger partial charge on any atom is 0.179 e. The molecular weight excluding hydrogens is 306 g/mol. The Kier molecular flexibility index (Phi) is 5.91. The highest BCUT2D eigenvalue weighted by atomic mass is 35.5. The molecular formula is C16H20ClNO2S. The number of benzene rings is 1. The molecule has 21 heavy (non-hydrogen) atoms. The van der Waals surface area contributed by atoms with Crippen molar-refractivity contribution in [3.05, 3.63) is 45.1 Å². The second kappa shape index (κ2) is 7.69. The fourth-order valence-corrected chi connectivity index (χ4v) is 3.36. The number of methoxy groups -OCH3 is 2. The standard InChI is InChI=1S/C16H20ClNO2S/c1-18-14(5-4-11-6-7-21-10-11)12-8-13(17)16(20-3)15(9-12)19-2/h6-10,14,18H,4-5H2,1-3H3. The molecule has 114 valence electrons. The van der Waals surface area contributed by atoms with Crippen molar-refractivity contribution in [3.8, 4) is 11.5 Å². The molecule has 0 saturated heterocycles. The summed E-state index contributed by atoms with van der Waals surface area (Å²) in [6.07, 6.45) is 2.03. The van der Waals surface area contributed by atoms with Gasteiger partial charge in [0.15, 0.2) is 11.5 Å². The smallest absolute Gasteiger partial charge is 0.179 e. The maximum atomic E-state index is 6.28. The molecule has 0 saturated carbocycles. The van der Waals surface area contributed by atoms with E-state index in [9.17, 15) is 0 Å². The van der Waals surface area contributed by atoms with E-state index in [1.807, 2.05) is 19.2 Å². The zero-order valence-corrected chi connectivity index (χ0v) is 14.1. The molecule has 0 amide bonds. The quantitative estimate of drug-likeness (QED) is 0.822. The van der Waals surface area contributed by atoms with Crippen LogP contribution in [0.5, 0.6) is 11.5 Å². The Morgan fingerprint density at radius 3 is 2.67 bits per heavy atom. The van der Waals surface area contributed by atoms with Gasteiger partial charge in [-0.3, -0.25) is 0 Å². The minimum atomic E-state index is 0.224. The molecule has 0 fully saturated rings. The molecule has 1 aromatic heterocycles. The summed E-state index contributed by atoms with van der Waals surface area (Å²) in [7, 11) is 5.18. The zero-order chi connectivity index (χ0) is 15.2. The van der Waals surface area contributed by atoms with E-state index in [4.69, 9.17) is 21.1 Å². The van der Waals surface area contributed by atoms with Gasteiger partial charge in [0.25, 0.3) is 0 Å². The van der Waals surface area contributed by atoms with E-state index in [0.29, 0.717) is 16.5 Å². The highest BCUT2D eigenvalue weighted by molar-refractivity contribution is 7.07. The third-order valence-electron chi connectivity index (χ3n) is 3.51. The third-order valence-corrected chi connectivity index (χ3v) is 4.52. The van der Waals surface area contributed by atoms with Gasteiger partial charge in [0.2, 0.25) is 0 Å². The second-order valence-corrected chi connectivity index (χ2v) is 5.94. The summed E-state index contributed by atoms with van der Waals surface area (Å²) in [6.45, 7) is 0. The fraction of sp³-hybridized carbons (Fsp3) is 0.375. The van der Waals surface area contributed by atoms with Crippen LogP contribution < -0.4 is 14.8 Å². The van der Waals surface area contributed by atoms with Gasteiger partial charge in [-0.25, -0.2) is 0 Å². The number of hydrogen-bond acceptors (Lipinski definition) is 4. The van der Waals surface area contributed by atoms with Gasteiger partial charge in [0.1, 0.15) is 0 Å². The number of halogens is 1. The molecule has 0 aliphatic heterocycles. The lowest BCUT2D eigenvalue weighted by atomic mass is 9.99. The van der Waals surface area contributed by atoms with Crippen molar-refractivity contribution in [2.24, 2.45) is 0 Å². The summed E-state index contributed by atoms with van der Waals surface area (Å²) < 4.78 is 10.6. The Balaban J connectivity index is 2.19. The molecule has 0 spiro atoms. The van der Waals surface area contributed by atoms with Crippen LogP contribution in [0.25, 0.3) is 0 Å². The molecule has 2 aromatic rings. The summed E-state index contributed by atoms with van der Waals surface area (Å²) >= 11 is 8.01. The highest BCUT2D eigenvalue weighted by Gasteiger charge is 2.16. The summed E-state index contributed by atoms with van der Waals surface area (Å²) in [6, 6.07) is 6.32. The predicted molar refractivity (Wildman–Crippen MR) is 89.0 cm³/mol. The van der Waals surface area contributed by atoms with Crippen molar-refractivity contribution in [1.82, 2.24) is 5.32 Å². The second-order valence-electron chi connectivity index (χ2n) is 4.75. The van der Waals surface area contributed by atoms with Gasteiger partial charge >= 0.3 is 0 Å². The van der Waals surface area contributed by atoms with E-state index >= 15 is 0 Å². The first-order valence-electron chi connectivity index (χ1n) is 6.79. The first-order valence-corrected chi connectivity index (χ1v) is 8.11. The van der Waals surface area contributed by atoms with Crippen LogP contribution in [0.2, 0.25) is 5.02 Å². The molecule has 5 heteroatoms.